The average molecular weight is 871 g/mol. The van der Waals surface area contributed by atoms with Crippen LogP contribution in [0.5, 0.6) is 5.75 Å². The number of benzene rings is 1. The van der Waals surface area contributed by atoms with Crippen LogP contribution in [0.25, 0.3) is 0 Å². The molecule has 0 amide bonds. The van der Waals surface area contributed by atoms with Gasteiger partial charge in [0.15, 0.2) is 18.4 Å². The highest BCUT2D eigenvalue weighted by Gasteiger charge is 2.69. The molecule has 3 aliphatic carbocycles. The molecule has 0 N–H and O–H groups in total. The number of esters is 1. The molecule has 0 spiro atoms. The monoisotopic (exact) mass is 871 g/mol. The van der Waals surface area contributed by atoms with Gasteiger partial charge in [-0.15, -0.1) is 0 Å². The van der Waals surface area contributed by atoms with Crippen molar-refractivity contribution in [3.8, 4) is 5.75 Å². The molecule has 4 aliphatic heterocycles. The summed E-state index contributed by atoms with van der Waals surface area (Å²) in [5.41, 5.74) is 1.38. The van der Waals surface area contributed by atoms with Crippen LogP contribution < -0.4 is 9.64 Å². The Kier molecular flexibility index (Phi) is 14.1. The van der Waals surface area contributed by atoms with Gasteiger partial charge in [0.1, 0.15) is 36.0 Å². The highest BCUT2D eigenvalue weighted by Crippen LogP contribution is 2.65. The third-order valence-electron chi connectivity index (χ3n) is 15.8. The maximum absolute atomic E-state index is 15.2. The summed E-state index contributed by atoms with van der Waals surface area (Å²) < 4.78 is 71.4. The Bertz CT molecular complexity index is 1780. The molecule has 19 atom stereocenters. The topological polar surface area (TPSA) is 123 Å². The number of methoxy groups -OCH3 is 4. The first-order chi connectivity index (χ1) is 29.8. The van der Waals surface area contributed by atoms with Crippen molar-refractivity contribution >= 4 is 17.4 Å². The third-order valence-corrected chi connectivity index (χ3v) is 15.8. The standard InChI is InChI=1S/C48H71FN2O11/c1-11-28-13-12-14-37(62-40-18-16-35(50(5)6)25(3)58-40)24(2)44(53)34-22-31-30-20-29(61-48-47(57-10)46(56-9)45(55-8)26(4)59-48)21-33(30)42-43(41(31)32(34)23-39(52)60-28)51(42)36-19-27(49)15-17-38(36)54-7/h15,17,19,22,24-26,28-33,35,37,40-43,45-48H,11-14,16,18,20-21,23H2,1-10H3/t24-,25?,26?,28+,29+,30+,31+,32-,33-,35+,37+,40+,41-,42+,43-,45+,46?,47+,48+,51?/m1/s1. The molecule has 4 heterocycles. The Balaban J connectivity index is 1.13. The molecule has 2 saturated carbocycles. The number of Topliss-reactive ketones (excluding diaryl/α,β-unsaturated/α-hetero) is 1. The summed E-state index contributed by atoms with van der Waals surface area (Å²) in [6.07, 6.45) is 4.82. The summed E-state index contributed by atoms with van der Waals surface area (Å²) in [5, 5.41) is 0. The minimum atomic E-state index is -0.691. The van der Waals surface area contributed by atoms with E-state index in [0.29, 0.717) is 42.3 Å². The Morgan fingerprint density at radius 3 is 2.27 bits per heavy atom. The first-order valence-electron chi connectivity index (χ1n) is 23.3. The molecule has 0 aromatic heterocycles. The van der Waals surface area contributed by atoms with Gasteiger partial charge < -0.3 is 52.4 Å². The van der Waals surface area contributed by atoms with Crippen molar-refractivity contribution in [3.63, 3.8) is 0 Å². The van der Waals surface area contributed by atoms with E-state index in [4.69, 9.17) is 42.6 Å². The van der Waals surface area contributed by atoms with Gasteiger partial charge >= 0.3 is 5.97 Å². The second kappa shape index (κ2) is 19.0. The number of rotatable bonds is 11. The minimum absolute atomic E-state index is 0.00890. The van der Waals surface area contributed by atoms with Gasteiger partial charge in [0.25, 0.3) is 0 Å². The van der Waals surface area contributed by atoms with Crippen molar-refractivity contribution in [1.29, 1.82) is 0 Å². The summed E-state index contributed by atoms with van der Waals surface area (Å²) in [4.78, 5) is 33.8. The van der Waals surface area contributed by atoms with Crippen LogP contribution in [-0.4, -0.2) is 139 Å². The fraction of sp³-hybridized carbons (Fsp3) is 0.792. The number of ether oxygens (including phenoxy) is 9. The average Bonchev–Trinajstić information content (AvgIpc) is 3.65. The molecular weight excluding hydrogens is 800 g/mol. The summed E-state index contributed by atoms with van der Waals surface area (Å²) >= 11 is 0. The van der Waals surface area contributed by atoms with E-state index in [-0.39, 0.29) is 96.4 Å². The van der Waals surface area contributed by atoms with Crippen LogP contribution in [0.1, 0.15) is 85.5 Å². The summed E-state index contributed by atoms with van der Waals surface area (Å²) in [5.74, 6) is -0.737. The van der Waals surface area contributed by atoms with Crippen molar-refractivity contribution in [1.82, 2.24) is 4.90 Å². The third kappa shape index (κ3) is 8.61. The van der Waals surface area contributed by atoms with Crippen LogP contribution in [0.4, 0.5) is 10.1 Å². The first-order valence-corrected chi connectivity index (χ1v) is 23.3. The van der Waals surface area contributed by atoms with Crippen LogP contribution in [0.3, 0.4) is 0 Å². The fourth-order valence-corrected chi connectivity index (χ4v) is 12.8. The number of likely N-dealkylation sites (N-methyl/N-ethyl adjacent to an activating group) is 1. The smallest absolute Gasteiger partial charge is 0.306 e. The molecule has 3 unspecified atom stereocenters. The second-order valence-corrected chi connectivity index (χ2v) is 19.3. The molecule has 62 heavy (non-hydrogen) atoms. The number of hydrogen-bond acceptors (Lipinski definition) is 13. The molecule has 14 heteroatoms. The number of carbonyl (C=O) groups excluding carboxylic acids is 2. The quantitative estimate of drug-likeness (QED) is 0.182. The van der Waals surface area contributed by atoms with E-state index in [9.17, 15) is 4.79 Å². The molecule has 8 rings (SSSR count). The van der Waals surface area contributed by atoms with Gasteiger partial charge in [-0.25, -0.2) is 4.39 Å². The predicted octanol–water partition coefficient (Wildman–Crippen LogP) is 6.34. The van der Waals surface area contributed by atoms with Gasteiger partial charge in [-0.2, -0.15) is 0 Å². The van der Waals surface area contributed by atoms with Crippen molar-refractivity contribution in [2.45, 2.75) is 165 Å². The molecule has 0 bridgehead atoms. The zero-order chi connectivity index (χ0) is 44.1. The minimum Gasteiger partial charge on any atom is -0.495 e. The Labute approximate surface area is 367 Å². The van der Waals surface area contributed by atoms with E-state index in [2.05, 4.69) is 43.8 Å². The summed E-state index contributed by atoms with van der Waals surface area (Å²) in [6, 6.07) is 4.90. The molecule has 0 radical (unpaired) electrons. The normalized spacial score (nSPS) is 43.4. The molecule has 1 aromatic carbocycles. The predicted molar refractivity (Wildman–Crippen MR) is 228 cm³/mol. The molecule has 13 nitrogen and oxygen atoms in total. The van der Waals surface area contributed by atoms with E-state index < -0.39 is 36.6 Å². The molecule has 1 aromatic rings. The number of ketones is 1. The summed E-state index contributed by atoms with van der Waals surface area (Å²) in [7, 11) is 10.7. The zero-order valence-electron chi connectivity index (χ0n) is 38.4. The van der Waals surface area contributed by atoms with E-state index in [1.165, 1.54) is 6.07 Å². The lowest BCUT2D eigenvalue weighted by Gasteiger charge is -2.44. The van der Waals surface area contributed by atoms with Crippen LogP contribution in [0.2, 0.25) is 0 Å². The van der Waals surface area contributed by atoms with E-state index in [1.54, 1.807) is 40.6 Å². The number of cyclic esters (lactones) is 1. The van der Waals surface area contributed by atoms with Crippen LogP contribution in [0, 0.1) is 41.3 Å². The molecule has 7 aliphatic rings. The van der Waals surface area contributed by atoms with Gasteiger partial charge in [-0.05, 0) is 121 Å². The lowest BCUT2D eigenvalue weighted by atomic mass is 9.66. The van der Waals surface area contributed by atoms with E-state index in [0.717, 1.165) is 32.1 Å². The molecule has 346 valence electrons. The van der Waals surface area contributed by atoms with Crippen molar-refractivity contribution in [2.24, 2.45) is 35.5 Å². The number of anilines is 1. The Morgan fingerprint density at radius 2 is 1.60 bits per heavy atom. The highest BCUT2D eigenvalue weighted by molar-refractivity contribution is 5.99. The summed E-state index contributed by atoms with van der Waals surface area (Å²) in [6.45, 7) is 8.10. The number of carbonyl (C=O) groups is 2. The second-order valence-electron chi connectivity index (χ2n) is 19.3. The lowest BCUT2D eigenvalue weighted by Crippen LogP contribution is -2.59. The number of hydrogen-bond donors (Lipinski definition) is 0. The molecular formula is C48H71FN2O11. The Hall–Kier alpha value is -2.69. The van der Waals surface area contributed by atoms with Crippen LogP contribution in [0.15, 0.2) is 29.8 Å². The van der Waals surface area contributed by atoms with Gasteiger partial charge in [0, 0.05) is 45.3 Å². The van der Waals surface area contributed by atoms with Gasteiger partial charge in [-0.1, -0.05) is 19.9 Å². The number of fused-ring (bicyclic) bond motifs is 8. The Morgan fingerprint density at radius 1 is 0.855 bits per heavy atom. The molecule has 6 fully saturated rings. The maximum atomic E-state index is 15.2. The highest BCUT2D eigenvalue weighted by atomic mass is 19.1. The lowest BCUT2D eigenvalue weighted by molar-refractivity contribution is -0.314. The zero-order valence-corrected chi connectivity index (χ0v) is 38.4. The van der Waals surface area contributed by atoms with E-state index >= 15 is 9.18 Å². The van der Waals surface area contributed by atoms with E-state index in [1.807, 2.05) is 13.8 Å². The maximum Gasteiger partial charge on any atom is 0.306 e. The number of halogens is 1. The SMILES string of the molecule is CC[C@H]1CCC[C@H](O[C@H]2CC[C@H](N(C)C)C(C)O2)[C@@H](C)C(=O)C2=C[C@H]3[C@@H]4C[C@H](O[C@@H]5OC(C)[C@H](OC)C(OC)[C@@H]5OC)C[C@H]4[C@H]4[C@@H]([C@H]3[C@@H]2CC(=O)O1)N4c1cc(F)ccc1OC. The van der Waals surface area contributed by atoms with Crippen LogP contribution >= 0.6 is 0 Å². The molecule has 4 saturated heterocycles. The van der Waals surface area contributed by atoms with Gasteiger partial charge in [0.05, 0.1) is 55.7 Å². The first kappa shape index (κ1) is 45.9. The largest absolute Gasteiger partial charge is 0.495 e. The van der Waals surface area contributed by atoms with Crippen molar-refractivity contribution in [3.05, 3.63) is 35.7 Å². The van der Waals surface area contributed by atoms with Crippen molar-refractivity contribution < 1.29 is 56.6 Å². The van der Waals surface area contributed by atoms with Crippen molar-refractivity contribution in [2.75, 3.05) is 47.4 Å². The fourth-order valence-electron chi connectivity index (χ4n) is 12.8. The number of allylic oxidation sites excluding steroid dienone is 2. The van der Waals surface area contributed by atoms with Crippen LogP contribution in [-0.2, 0) is 47.5 Å². The van der Waals surface area contributed by atoms with Gasteiger partial charge in [-0.3, -0.25) is 9.59 Å². The van der Waals surface area contributed by atoms with Gasteiger partial charge in [0.2, 0.25) is 0 Å². The number of nitrogens with zero attached hydrogens (tertiary/aromatic N) is 2.